The van der Waals surface area contributed by atoms with Crippen molar-refractivity contribution in [3.8, 4) is 0 Å². The van der Waals surface area contributed by atoms with Crippen molar-refractivity contribution in [3.05, 3.63) is 35.9 Å². The van der Waals surface area contributed by atoms with Gasteiger partial charge < -0.3 is 96.3 Å². The summed E-state index contributed by atoms with van der Waals surface area (Å²) >= 11 is 0. The maximum Gasteiger partial charge on any atom is 0.332 e. The zero-order valence-corrected chi connectivity index (χ0v) is 46.7. The molecule has 458 valence electrons. The smallest absolute Gasteiger partial charge is 0.332 e. The Balaban J connectivity index is 0.000000562. The molecule has 0 spiro atoms. The van der Waals surface area contributed by atoms with E-state index in [0.717, 1.165) is 33.3 Å². The Labute approximate surface area is 467 Å². The van der Waals surface area contributed by atoms with Gasteiger partial charge in [0.2, 0.25) is 11.8 Å². The monoisotopic (exact) mass is 1160 g/mol. The highest BCUT2D eigenvalue weighted by Gasteiger charge is 2.52. The normalized spacial score (nSPS) is 22.0. The Bertz CT molecular complexity index is 2100. The van der Waals surface area contributed by atoms with Gasteiger partial charge in [0.1, 0.15) is 57.3 Å². The summed E-state index contributed by atoms with van der Waals surface area (Å²) in [4.78, 5) is 116. The molecule has 2 saturated heterocycles. The van der Waals surface area contributed by atoms with Gasteiger partial charge in [0.15, 0.2) is 37.0 Å². The fourth-order valence-electron chi connectivity index (χ4n) is 7.29. The van der Waals surface area contributed by atoms with E-state index in [1.165, 1.54) is 27.7 Å². The van der Waals surface area contributed by atoms with Crippen LogP contribution in [0.3, 0.4) is 0 Å². The predicted octanol–water partition coefficient (Wildman–Crippen LogP) is -0.754. The highest BCUT2D eigenvalue weighted by Crippen LogP contribution is 2.29. The van der Waals surface area contributed by atoms with Crippen LogP contribution in [0.4, 0.5) is 0 Å². The van der Waals surface area contributed by atoms with Crippen molar-refractivity contribution in [2.75, 3.05) is 106 Å². The third-order valence-corrected chi connectivity index (χ3v) is 10.3. The molecule has 3 rings (SSSR count). The topological polar surface area (TPSA) is 372 Å². The summed E-state index contributed by atoms with van der Waals surface area (Å²) in [5.74, 6) is -6.54. The Morgan fingerprint density at radius 3 is 1.12 bits per heavy atom. The highest BCUT2D eigenvalue weighted by atomic mass is 16.7. The number of amides is 2. The number of hydrogen-bond acceptors (Lipinski definition) is 27. The fraction of sp³-hybridized carbons (Fsp3) is 0.686. The van der Waals surface area contributed by atoms with Gasteiger partial charge in [-0.25, -0.2) is 9.59 Å². The van der Waals surface area contributed by atoms with Gasteiger partial charge in [-0.05, 0) is 5.56 Å². The number of nitrogens with one attached hydrogen (secondary N) is 2. The number of hydrogen-bond donors (Lipinski definition) is 3. The summed E-state index contributed by atoms with van der Waals surface area (Å²) in [6.07, 6.45) is -9.30. The van der Waals surface area contributed by atoms with Gasteiger partial charge in [0.25, 0.3) is 0 Å². The van der Waals surface area contributed by atoms with Gasteiger partial charge in [-0.1, -0.05) is 30.3 Å². The first kappa shape index (κ1) is 70.6. The minimum Gasteiger partial charge on any atom is -0.480 e. The Morgan fingerprint density at radius 2 is 0.778 bits per heavy atom. The predicted molar refractivity (Wildman–Crippen MR) is 269 cm³/mol. The molecule has 0 aliphatic carbocycles. The number of carboxylic acid groups (broad SMARTS) is 1. The summed E-state index contributed by atoms with van der Waals surface area (Å²) in [6.45, 7) is 10.3. The number of rotatable bonds is 36. The van der Waals surface area contributed by atoms with Crippen molar-refractivity contribution in [2.45, 2.75) is 123 Å². The molecule has 30 heteroatoms. The van der Waals surface area contributed by atoms with Crippen LogP contribution in [-0.2, 0) is 135 Å². The zero-order valence-electron chi connectivity index (χ0n) is 46.7. The molecule has 2 amide bonds. The Kier molecular flexibility index (Phi) is 35.4. The van der Waals surface area contributed by atoms with E-state index < -0.39 is 127 Å². The lowest BCUT2D eigenvalue weighted by Crippen LogP contribution is -2.66. The van der Waals surface area contributed by atoms with Gasteiger partial charge in [-0.15, -0.1) is 0 Å². The van der Waals surface area contributed by atoms with E-state index in [4.69, 9.17) is 85.6 Å². The van der Waals surface area contributed by atoms with E-state index in [2.05, 4.69) is 10.6 Å². The van der Waals surface area contributed by atoms with E-state index in [9.17, 15) is 47.9 Å². The van der Waals surface area contributed by atoms with Crippen molar-refractivity contribution in [1.82, 2.24) is 10.6 Å². The van der Waals surface area contributed by atoms with Gasteiger partial charge in [0, 0.05) is 55.4 Å². The Hall–Kier alpha value is -6.48. The number of ether oxygens (including phenoxy) is 17. The summed E-state index contributed by atoms with van der Waals surface area (Å²) in [6, 6.07) is 7.19. The van der Waals surface area contributed by atoms with E-state index in [0.29, 0.717) is 0 Å². The van der Waals surface area contributed by atoms with E-state index in [1.54, 1.807) is 0 Å². The summed E-state index contributed by atoms with van der Waals surface area (Å²) in [7, 11) is 0. The van der Waals surface area contributed by atoms with Crippen molar-refractivity contribution in [2.24, 2.45) is 0 Å². The number of carbonyl (C=O) groups excluding carboxylic acids is 9. The van der Waals surface area contributed by atoms with Crippen molar-refractivity contribution >= 4 is 59.6 Å². The maximum absolute atomic E-state index is 12.0. The summed E-state index contributed by atoms with van der Waals surface area (Å²) < 4.78 is 91.5. The first-order valence-electron chi connectivity index (χ1n) is 25.5. The average molecular weight is 1170 g/mol. The van der Waals surface area contributed by atoms with Crippen LogP contribution >= 0.6 is 0 Å². The second kappa shape index (κ2) is 40.7. The Morgan fingerprint density at radius 1 is 0.432 bits per heavy atom. The second-order valence-corrected chi connectivity index (χ2v) is 17.3. The second-order valence-electron chi connectivity index (χ2n) is 17.3. The standard InChI is InChI=1S/C29H41NO14.C22H35NO14/c1-19(31)30-26-28(43-22(4)34)27(42-21(3)33)24(17-40-20(2)32)44-29(26)39-15-14-37-11-10-36-12-13-38-18-25(35)41-16-23-8-6-5-7-9-23;1-13(24)23-19-21(36-16(4)27)20(35-15(3)26)17(11-34-14(2)25)37-22(19)33-10-9-31-6-5-30-7-8-32-12-18(28)29/h5-9,24,26-29H,10-18H2,1-4H3,(H,30,31);17,19-22H,5-12H2,1-4H3,(H,23,24)(H,28,29)/t24-,26-,27+,28-,29-;17-,19-,20+,21-,22-/m11/s1. The third-order valence-electron chi connectivity index (χ3n) is 10.3. The zero-order chi connectivity index (χ0) is 60.1. The SMILES string of the molecule is CC(=O)N[C@H]1[C@H](OCCOCCOCCOCC(=O)O)O[C@H](COC(C)=O)[C@H](OC(C)=O)[C@@H]1OC(C)=O.CC(=O)N[C@H]1[C@H](OCCOCCOCCOCC(=O)OCc2ccccc2)O[C@H](COC(C)=O)[C@H](OC(C)=O)[C@@H]1OC(C)=O. The molecule has 30 nitrogen and oxygen atoms in total. The van der Waals surface area contributed by atoms with Gasteiger partial charge in [0.05, 0.1) is 79.3 Å². The van der Waals surface area contributed by atoms with Crippen LogP contribution in [0, 0.1) is 0 Å². The minimum absolute atomic E-state index is 0.000262. The molecule has 3 N–H and O–H groups in total. The lowest BCUT2D eigenvalue weighted by atomic mass is 9.96. The molecular weight excluding hydrogens is 1090 g/mol. The van der Waals surface area contributed by atoms with Crippen LogP contribution < -0.4 is 10.6 Å². The van der Waals surface area contributed by atoms with Gasteiger partial charge in [-0.2, -0.15) is 0 Å². The fourth-order valence-corrected chi connectivity index (χ4v) is 7.29. The molecule has 1 aromatic rings. The number of aliphatic carboxylic acids is 1. The molecule has 0 aromatic heterocycles. The minimum atomic E-state index is -1.21. The first-order chi connectivity index (χ1) is 38.6. The number of carbonyl (C=O) groups is 10. The summed E-state index contributed by atoms with van der Waals surface area (Å²) in [5, 5.41) is 13.7. The molecule has 2 heterocycles. The van der Waals surface area contributed by atoms with Crippen molar-refractivity contribution in [3.63, 3.8) is 0 Å². The molecule has 2 aliphatic heterocycles. The molecule has 0 unspecified atom stereocenters. The maximum atomic E-state index is 12.0. The van der Waals surface area contributed by atoms with Crippen molar-refractivity contribution < 1.29 is 134 Å². The quantitative estimate of drug-likeness (QED) is 0.0422. The molecule has 0 radical (unpaired) electrons. The molecule has 1 aromatic carbocycles. The number of esters is 7. The molecule has 0 saturated carbocycles. The molecular formula is C51H76N2O28. The van der Waals surface area contributed by atoms with Crippen LogP contribution in [0.25, 0.3) is 0 Å². The van der Waals surface area contributed by atoms with Crippen LogP contribution in [0.2, 0.25) is 0 Å². The van der Waals surface area contributed by atoms with E-state index >= 15 is 0 Å². The van der Waals surface area contributed by atoms with Gasteiger partial charge >= 0.3 is 47.8 Å². The number of benzene rings is 1. The molecule has 10 atom stereocenters. The van der Waals surface area contributed by atoms with E-state index in [-0.39, 0.29) is 106 Å². The molecule has 2 aliphatic rings. The largest absolute Gasteiger partial charge is 0.480 e. The van der Waals surface area contributed by atoms with Crippen LogP contribution in [0.1, 0.15) is 61.0 Å². The van der Waals surface area contributed by atoms with Crippen LogP contribution in [0.15, 0.2) is 30.3 Å². The summed E-state index contributed by atoms with van der Waals surface area (Å²) in [5.41, 5.74) is 0.885. The molecule has 2 fully saturated rings. The van der Waals surface area contributed by atoms with E-state index in [1.807, 2.05) is 30.3 Å². The highest BCUT2D eigenvalue weighted by molar-refractivity contribution is 5.74. The third kappa shape index (κ3) is 31.9. The average Bonchev–Trinajstić information content (AvgIpc) is 3.45. The lowest BCUT2D eigenvalue weighted by molar-refractivity contribution is -0.279. The first-order valence-corrected chi connectivity index (χ1v) is 25.5. The van der Waals surface area contributed by atoms with Crippen LogP contribution in [-0.4, -0.2) is 232 Å². The van der Waals surface area contributed by atoms with Gasteiger partial charge in [-0.3, -0.25) is 38.4 Å². The number of carboxylic acids is 1. The van der Waals surface area contributed by atoms with Crippen LogP contribution in [0.5, 0.6) is 0 Å². The molecule has 81 heavy (non-hydrogen) atoms. The lowest BCUT2D eigenvalue weighted by Gasteiger charge is -2.44. The van der Waals surface area contributed by atoms with Crippen molar-refractivity contribution in [1.29, 1.82) is 0 Å². The molecule has 0 bridgehead atoms.